The standard InChI is InChI=1S/C27H35N3O5/c1-18(2)30(15-9-14-25(31)32)26(33)24(16-29(3)4)28-27(34)35-17-23-21-12-7-5-10-19(21)20-11-6-8-13-22(20)23/h5-8,10-13,18,23-24H,9,14-17H2,1-4H3,(H,28,34)(H,31,32)/t24-/m0/s1. The topological polar surface area (TPSA) is 99.2 Å². The zero-order chi connectivity index (χ0) is 25.5. The molecule has 0 aromatic heterocycles. The van der Waals surface area contributed by atoms with Crippen LogP contribution in [0.1, 0.15) is 43.7 Å². The van der Waals surface area contributed by atoms with E-state index in [0.29, 0.717) is 19.5 Å². The Labute approximate surface area is 206 Å². The van der Waals surface area contributed by atoms with Crippen LogP contribution >= 0.6 is 0 Å². The summed E-state index contributed by atoms with van der Waals surface area (Å²) in [5.74, 6) is -1.23. The van der Waals surface area contributed by atoms with Crippen molar-refractivity contribution < 1.29 is 24.2 Å². The van der Waals surface area contributed by atoms with Crippen molar-refractivity contribution in [1.82, 2.24) is 15.1 Å². The largest absolute Gasteiger partial charge is 0.481 e. The molecule has 0 unspecified atom stereocenters. The van der Waals surface area contributed by atoms with Crippen molar-refractivity contribution >= 4 is 18.0 Å². The molecule has 0 spiro atoms. The number of benzene rings is 2. The maximum absolute atomic E-state index is 13.3. The van der Waals surface area contributed by atoms with Crippen LogP contribution in [0.25, 0.3) is 11.1 Å². The number of carboxylic acid groups (broad SMARTS) is 1. The molecule has 35 heavy (non-hydrogen) atoms. The van der Waals surface area contributed by atoms with Gasteiger partial charge in [0.2, 0.25) is 5.91 Å². The molecule has 1 atom stereocenters. The Bertz CT molecular complexity index is 1010. The lowest BCUT2D eigenvalue weighted by Crippen LogP contribution is -2.54. The van der Waals surface area contributed by atoms with Crippen LogP contribution in [0, 0.1) is 0 Å². The van der Waals surface area contributed by atoms with Crippen molar-refractivity contribution in [3.63, 3.8) is 0 Å². The highest BCUT2D eigenvalue weighted by Crippen LogP contribution is 2.44. The maximum Gasteiger partial charge on any atom is 0.407 e. The summed E-state index contributed by atoms with van der Waals surface area (Å²) in [7, 11) is 3.65. The van der Waals surface area contributed by atoms with E-state index in [2.05, 4.69) is 29.6 Å². The Hall–Kier alpha value is -3.39. The summed E-state index contributed by atoms with van der Waals surface area (Å²) in [6, 6.07) is 15.3. The number of aliphatic carboxylic acids is 1. The van der Waals surface area contributed by atoms with Gasteiger partial charge >= 0.3 is 12.1 Å². The van der Waals surface area contributed by atoms with E-state index in [9.17, 15) is 14.4 Å². The number of alkyl carbamates (subject to hydrolysis) is 1. The second-order valence-electron chi connectivity index (χ2n) is 9.41. The monoisotopic (exact) mass is 481 g/mol. The lowest BCUT2D eigenvalue weighted by Gasteiger charge is -2.32. The molecule has 1 aliphatic rings. The van der Waals surface area contributed by atoms with E-state index in [0.717, 1.165) is 22.3 Å². The van der Waals surface area contributed by atoms with Crippen LogP contribution in [0.2, 0.25) is 0 Å². The summed E-state index contributed by atoms with van der Waals surface area (Å²) in [6.07, 6.45) is -0.325. The number of nitrogens with zero attached hydrogens (tertiary/aromatic N) is 2. The fourth-order valence-corrected chi connectivity index (χ4v) is 4.56. The Morgan fingerprint density at radius 1 is 1.00 bits per heavy atom. The summed E-state index contributed by atoms with van der Waals surface area (Å²) in [4.78, 5) is 40.4. The van der Waals surface area contributed by atoms with E-state index >= 15 is 0 Å². The van der Waals surface area contributed by atoms with Gasteiger partial charge in [-0.2, -0.15) is 0 Å². The van der Waals surface area contributed by atoms with Crippen molar-refractivity contribution in [2.45, 2.75) is 44.7 Å². The van der Waals surface area contributed by atoms with Gasteiger partial charge in [0.25, 0.3) is 0 Å². The molecule has 0 radical (unpaired) electrons. The van der Waals surface area contributed by atoms with Crippen molar-refractivity contribution in [2.24, 2.45) is 0 Å². The molecule has 0 bridgehead atoms. The van der Waals surface area contributed by atoms with Gasteiger partial charge in [-0.25, -0.2) is 4.79 Å². The second kappa shape index (κ2) is 11.8. The molecule has 8 nitrogen and oxygen atoms in total. The zero-order valence-electron chi connectivity index (χ0n) is 20.9. The Kier molecular flexibility index (Phi) is 8.87. The number of fused-ring (bicyclic) bond motifs is 3. The molecule has 3 rings (SSSR count). The minimum absolute atomic E-state index is 0.0192. The van der Waals surface area contributed by atoms with Gasteiger partial charge in [-0.05, 0) is 56.6 Å². The molecule has 0 aliphatic heterocycles. The van der Waals surface area contributed by atoms with Crippen LogP contribution in [0.3, 0.4) is 0 Å². The molecule has 2 amide bonds. The molecule has 0 saturated carbocycles. The van der Waals surface area contributed by atoms with Crippen molar-refractivity contribution in [3.05, 3.63) is 59.7 Å². The smallest absolute Gasteiger partial charge is 0.407 e. The van der Waals surface area contributed by atoms with Gasteiger partial charge in [0.05, 0.1) is 0 Å². The van der Waals surface area contributed by atoms with Gasteiger partial charge in [0.15, 0.2) is 0 Å². The molecule has 2 aromatic carbocycles. The van der Waals surface area contributed by atoms with Crippen LogP contribution in [0.4, 0.5) is 4.79 Å². The minimum Gasteiger partial charge on any atom is -0.481 e. The van der Waals surface area contributed by atoms with Crippen molar-refractivity contribution in [3.8, 4) is 11.1 Å². The molecule has 0 fully saturated rings. The number of hydrogen-bond acceptors (Lipinski definition) is 5. The molecule has 188 valence electrons. The molecule has 1 aliphatic carbocycles. The first-order valence-electron chi connectivity index (χ1n) is 12.0. The Balaban J connectivity index is 1.68. The third-order valence-electron chi connectivity index (χ3n) is 6.18. The highest BCUT2D eigenvalue weighted by atomic mass is 16.5. The van der Waals surface area contributed by atoms with E-state index in [-0.39, 0.29) is 30.9 Å². The van der Waals surface area contributed by atoms with E-state index < -0.39 is 18.1 Å². The molecule has 2 aromatic rings. The fourth-order valence-electron chi connectivity index (χ4n) is 4.56. The van der Waals surface area contributed by atoms with E-state index in [1.807, 2.05) is 57.1 Å². The summed E-state index contributed by atoms with van der Waals surface area (Å²) >= 11 is 0. The maximum atomic E-state index is 13.3. The van der Waals surface area contributed by atoms with Gasteiger partial charge < -0.3 is 25.0 Å². The first-order chi connectivity index (χ1) is 16.7. The number of carboxylic acids is 1. The number of hydrogen-bond donors (Lipinski definition) is 2. The molecule has 0 heterocycles. The Morgan fingerprint density at radius 2 is 1.57 bits per heavy atom. The van der Waals surface area contributed by atoms with Gasteiger partial charge in [-0.3, -0.25) is 9.59 Å². The zero-order valence-corrected chi connectivity index (χ0v) is 20.9. The van der Waals surface area contributed by atoms with Gasteiger partial charge in [0, 0.05) is 31.5 Å². The van der Waals surface area contributed by atoms with Gasteiger partial charge in [0.1, 0.15) is 12.6 Å². The van der Waals surface area contributed by atoms with Crippen LogP contribution in [-0.2, 0) is 14.3 Å². The fraction of sp³-hybridized carbons (Fsp3) is 0.444. The summed E-state index contributed by atoms with van der Waals surface area (Å²) in [5.41, 5.74) is 4.53. The summed E-state index contributed by atoms with van der Waals surface area (Å²) in [6.45, 7) is 4.51. The second-order valence-corrected chi connectivity index (χ2v) is 9.41. The quantitative estimate of drug-likeness (QED) is 0.509. The average molecular weight is 482 g/mol. The number of carbonyl (C=O) groups excluding carboxylic acids is 2. The van der Waals surface area contributed by atoms with E-state index in [1.54, 1.807) is 4.90 Å². The number of ether oxygens (including phenoxy) is 1. The normalized spacial score (nSPS) is 13.3. The molecule has 2 N–H and O–H groups in total. The van der Waals surface area contributed by atoms with E-state index in [1.165, 1.54) is 0 Å². The van der Waals surface area contributed by atoms with Crippen LogP contribution < -0.4 is 5.32 Å². The van der Waals surface area contributed by atoms with Crippen LogP contribution in [-0.4, -0.2) is 78.8 Å². The highest BCUT2D eigenvalue weighted by molar-refractivity contribution is 5.86. The lowest BCUT2D eigenvalue weighted by atomic mass is 9.98. The van der Waals surface area contributed by atoms with Gasteiger partial charge in [-0.1, -0.05) is 48.5 Å². The number of amides is 2. The molecule has 8 heteroatoms. The first-order valence-corrected chi connectivity index (χ1v) is 12.0. The summed E-state index contributed by atoms with van der Waals surface area (Å²) in [5, 5.41) is 11.7. The molecular weight excluding hydrogens is 446 g/mol. The average Bonchev–Trinajstić information content (AvgIpc) is 3.13. The van der Waals surface area contributed by atoms with E-state index in [4.69, 9.17) is 9.84 Å². The van der Waals surface area contributed by atoms with Crippen LogP contribution in [0.5, 0.6) is 0 Å². The predicted octanol–water partition coefficient (Wildman–Crippen LogP) is 3.56. The van der Waals surface area contributed by atoms with Gasteiger partial charge in [-0.15, -0.1) is 0 Å². The third kappa shape index (κ3) is 6.60. The number of rotatable bonds is 11. The predicted molar refractivity (Wildman–Crippen MR) is 134 cm³/mol. The SMILES string of the molecule is CC(C)N(CCCC(=O)O)C(=O)[C@H](CN(C)C)NC(=O)OCC1c2ccccc2-c2ccccc21. The summed E-state index contributed by atoms with van der Waals surface area (Å²) < 4.78 is 5.64. The molecule has 0 saturated heterocycles. The number of nitrogens with one attached hydrogen (secondary N) is 1. The van der Waals surface area contributed by atoms with Crippen molar-refractivity contribution in [1.29, 1.82) is 0 Å². The third-order valence-corrected chi connectivity index (χ3v) is 6.18. The number of likely N-dealkylation sites (N-methyl/N-ethyl adjacent to an activating group) is 1. The lowest BCUT2D eigenvalue weighted by molar-refractivity contribution is -0.139. The van der Waals surface area contributed by atoms with Crippen LogP contribution in [0.15, 0.2) is 48.5 Å². The number of carbonyl (C=O) groups is 3. The first kappa shape index (κ1) is 26.2. The van der Waals surface area contributed by atoms with Crippen molar-refractivity contribution in [2.75, 3.05) is 33.8 Å². The molecular formula is C27H35N3O5. The minimum atomic E-state index is -0.900. The Morgan fingerprint density at radius 3 is 2.09 bits per heavy atom. The highest BCUT2D eigenvalue weighted by Gasteiger charge is 2.31.